The molecule has 2 aromatic rings. The number of anilines is 1. The maximum atomic E-state index is 4.29. The summed E-state index contributed by atoms with van der Waals surface area (Å²) >= 11 is 1.67. The highest BCUT2D eigenvalue weighted by Gasteiger charge is 1.99. The molecule has 16 heavy (non-hydrogen) atoms. The fourth-order valence-corrected chi connectivity index (χ4v) is 2.15. The Bertz CT molecular complexity index is 406. The predicted molar refractivity (Wildman–Crippen MR) is 70.9 cm³/mol. The largest absolute Gasteiger partial charge is 0.385 e. The lowest BCUT2D eigenvalue weighted by Crippen LogP contribution is -2.00. The Labute approximate surface area is 100 Å². The minimum absolute atomic E-state index is 1.05. The van der Waals surface area contributed by atoms with E-state index < -0.39 is 0 Å². The van der Waals surface area contributed by atoms with Crippen LogP contribution in [0.4, 0.5) is 5.69 Å². The molecule has 0 spiro atoms. The van der Waals surface area contributed by atoms with Crippen LogP contribution < -0.4 is 5.32 Å². The summed E-state index contributed by atoms with van der Waals surface area (Å²) in [6, 6.07) is 8.47. The van der Waals surface area contributed by atoms with Crippen molar-refractivity contribution in [1.82, 2.24) is 4.98 Å². The maximum absolute atomic E-state index is 4.29. The van der Waals surface area contributed by atoms with Crippen LogP contribution in [0, 0.1) is 0 Å². The number of aromatic nitrogens is 1. The number of unbranched alkanes of at least 4 members (excludes halogenated alkanes) is 1. The van der Waals surface area contributed by atoms with Crippen molar-refractivity contribution in [1.29, 1.82) is 0 Å². The van der Waals surface area contributed by atoms with Crippen molar-refractivity contribution in [2.24, 2.45) is 0 Å². The van der Waals surface area contributed by atoms with Gasteiger partial charge in [0.1, 0.15) is 5.01 Å². The molecular weight excluding hydrogens is 216 g/mol. The number of thiazole rings is 1. The fourth-order valence-electron chi connectivity index (χ4n) is 1.51. The summed E-state index contributed by atoms with van der Waals surface area (Å²) in [5.74, 6) is 0. The molecule has 0 saturated carbocycles. The van der Waals surface area contributed by atoms with Gasteiger partial charge >= 0.3 is 0 Å². The molecule has 3 heteroatoms. The molecule has 0 bridgehead atoms. The van der Waals surface area contributed by atoms with Gasteiger partial charge < -0.3 is 5.32 Å². The first-order chi connectivity index (χ1) is 7.90. The molecule has 1 N–H and O–H groups in total. The summed E-state index contributed by atoms with van der Waals surface area (Å²) in [5.41, 5.74) is 2.38. The zero-order chi connectivity index (χ0) is 11.2. The van der Waals surface area contributed by atoms with E-state index in [2.05, 4.69) is 41.5 Å². The lowest BCUT2D eigenvalue weighted by Gasteiger charge is -2.05. The third-order valence-electron chi connectivity index (χ3n) is 2.42. The minimum Gasteiger partial charge on any atom is -0.385 e. The van der Waals surface area contributed by atoms with Gasteiger partial charge in [-0.3, -0.25) is 0 Å². The first-order valence-electron chi connectivity index (χ1n) is 5.64. The highest BCUT2D eigenvalue weighted by Crippen LogP contribution is 2.23. The van der Waals surface area contributed by atoms with Crippen LogP contribution in [0.1, 0.15) is 19.8 Å². The molecule has 0 radical (unpaired) electrons. The SMILES string of the molecule is CCCCNc1ccc(-c2nccs2)cc1. The van der Waals surface area contributed by atoms with Crippen molar-refractivity contribution in [2.45, 2.75) is 19.8 Å². The molecule has 1 aromatic heterocycles. The Morgan fingerprint density at radius 2 is 2.06 bits per heavy atom. The quantitative estimate of drug-likeness (QED) is 0.787. The molecule has 0 aliphatic rings. The average molecular weight is 232 g/mol. The zero-order valence-electron chi connectivity index (χ0n) is 9.44. The Balaban J connectivity index is 2.00. The Hall–Kier alpha value is -1.35. The number of rotatable bonds is 5. The first kappa shape index (κ1) is 11.1. The van der Waals surface area contributed by atoms with Gasteiger partial charge in [0.05, 0.1) is 0 Å². The molecule has 0 unspecified atom stereocenters. The van der Waals surface area contributed by atoms with Crippen LogP contribution in [-0.2, 0) is 0 Å². The molecule has 2 rings (SSSR count). The second kappa shape index (κ2) is 5.66. The molecule has 0 fully saturated rings. The zero-order valence-corrected chi connectivity index (χ0v) is 10.3. The van der Waals surface area contributed by atoms with Crippen LogP contribution in [0.2, 0.25) is 0 Å². The van der Waals surface area contributed by atoms with Gasteiger partial charge in [-0.2, -0.15) is 0 Å². The van der Waals surface area contributed by atoms with Crippen molar-refractivity contribution in [3.63, 3.8) is 0 Å². The minimum atomic E-state index is 1.05. The van der Waals surface area contributed by atoms with Crippen LogP contribution in [-0.4, -0.2) is 11.5 Å². The predicted octanol–water partition coefficient (Wildman–Crippen LogP) is 4.02. The normalized spacial score (nSPS) is 10.3. The van der Waals surface area contributed by atoms with Gasteiger partial charge in [0.2, 0.25) is 0 Å². The number of benzene rings is 1. The van der Waals surface area contributed by atoms with E-state index in [4.69, 9.17) is 0 Å². The molecule has 2 nitrogen and oxygen atoms in total. The number of nitrogens with one attached hydrogen (secondary N) is 1. The molecule has 0 saturated heterocycles. The van der Waals surface area contributed by atoms with E-state index in [1.54, 1.807) is 11.3 Å². The van der Waals surface area contributed by atoms with E-state index in [9.17, 15) is 0 Å². The van der Waals surface area contributed by atoms with Gasteiger partial charge in [-0.1, -0.05) is 13.3 Å². The van der Waals surface area contributed by atoms with Gasteiger partial charge in [0.25, 0.3) is 0 Å². The standard InChI is InChI=1S/C13H16N2S/c1-2-3-8-14-12-6-4-11(5-7-12)13-15-9-10-16-13/h4-7,9-10,14H,2-3,8H2,1H3. The molecule has 0 aliphatic carbocycles. The summed E-state index contributed by atoms with van der Waals surface area (Å²) in [6.07, 6.45) is 4.28. The number of nitrogens with zero attached hydrogens (tertiary/aromatic N) is 1. The van der Waals surface area contributed by atoms with Crippen LogP contribution in [0.15, 0.2) is 35.8 Å². The summed E-state index contributed by atoms with van der Waals surface area (Å²) < 4.78 is 0. The lowest BCUT2D eigenvalue weighted by molar-refractivity contribution is 0.834. The third-order valence-corrected chi connectivity index (χ3v) is 3.25. The molecule has 0 amide bonds. The van der Waals surface area contributed by atoms with E-state index >= 15 is 0 Å². The van der Waals surface area contributed by atoms with Crippen molar-refractivity contribution in [3.8, 4) is 10.6 Å². The molecular formula is C13H16N2S. The Morgan fingerprint density at radius 3 is 2.69 bits per heavy atom. The van der Waals surface area contributed by atoms with Crippen molar-refractivity contribution in [2.75, 3.05) is 11.9 Å². The second-order valence-electron chi connectivity index (χ2n) is 3.69. The molecule has 0 atom stereocenters. The first-order valence-corrected chi connectivity index (χ1v) is 6.52. The van der Waals surface area contributed by atoms with E-state index in [-0.39, 0.29) is 0 Å². The van der Waals surface area contributed by atoms with Crippen LogP contribution >= 0.6 is 11.3 Å². The second-order valence-corrected chi connectivity index (χ2v) is 4.59. The Morgan fingerprint density at radius 1 is 1.25 bits per heavy atom. The number of hydrogen-bond acceptors (Lipinski definition) is 3. The molecule has 1 aromatic carbocycles. The third kappa shape index (κ3) is 2.83. The summed E-state index contributed by atoms with van der Waals surface area (Å²) in [5, 5.41) is 6.49. The summed E-state index contributed by atoms with van der Waals surface area (Å²) in [4.78, 5) is 4.29. The van der Waals surface area contributed by atoms with Gasteiger partial charge in [0, 0.05) is 29.4 Å². The highest BCUT2D eigenvalue weighted by molar-refractivity contribution is 7.13. The van der Waals surface area contributed by atoms with E-state index in [1.165, 1.54) is 24.1 Å². The van der Waals surface area contributed by atoms with Gasteiger partial charge in [-0.15, -0.1) is 11.3 Å². The van der Waals surface area contributed by atoms with Gasteiger partial charge in [0.15, 0.2) is 0 Å². The maximum Gasteiger partial charge on any atom is 0.123 e. The van der Waals surface area contributed by atoms with Crippen molar-refractivity contribution < 1.29 is 0 Å². The molecule has 1 heterocycles. The van der Waals surface area contributed by atoms with Gasteiger partial charge in [-0.05, 0) is 30.7 Å². The van der Waals surface area contributed by atoms with E-state index in [0.717, 1.165) is 11.6 Å². The summed E-state index contributed by atoms with van der Waals surface area (Å²) in [6.45, 7) is 3.25. The van der Waals surface area contributed by atoms with E-state index in [1.807, 2.05) is 11.6 Å². The average Bonchev–Trinajstić information content (AvgIpc) is 2.84. The van der Waals surface area contributed by atoms with Crippen LogP contribution in [0.3, 0.4) is 0 Å². The number of hydrogen-bond donors (Lipinski definition) is 1. The highest BCUT2D eigenvalue weighted by atomic mass is 32.1. The molecule has 0 aliphatic heterocycles. The monoisotopic (exact) mass is 232 g/mol. The van der Waals surface area contributed by atoms with E-state index in [0.29, 0.717) is 0 Å². The summed E-state index contributed by atoms with van der Waals surface area (Å²) in [7, 11) is 0. The van der Waals surface area contributed by atoms with Crippen molar-refractivity contribution in [3.05, 3.63) is 35.8 Å². The van der Waals surface area contributed by atoms with Gasteiger partial charge in [-0.25, -0.2) is 4.98 Å². The topological polar surface area (TPSA) is 24.9 Å². The van der Waals surface area contributed by atoms with Crippen LogP contribution in [0.25, 0.3) is 10.6 Å². The smallest absolute Gasteiger partial charge is 0.123 e. The van der Waals surface area contributed by atoms with Crippen molar-refractivity contribution >= 4 is 17.0 Å². The lowest BCUT2D eigenvalue weighted by atomic mass is 10.2. The Kier molecular flexibility index (Phi) is 3.94. The molecule has 84 valence electrons. The van der Waals surface area contributed by atoms with Crippen LogP contribution in [0.5, 0.6) is 0 Å². The fraction of sp³-hybridized carbons (Fsp3) is 0.308.